The second-order valence-corrected chi connectivity index (χ2v) is 6.27. The van der Waals surface area contributed by atoms with Gasteiger partial charge < -0.3 is 10.2 Å². The number of nitrogens with zero attached hydrogens (tertiary/aromatic N) is 1. The molecule has 0 radical (unpaired) electrons. The number of amides is 1. The summed E-state index contributed by atoms with van der Waals surface area (Å²) in [5, 5.41) is 4.19. The fourth-order valence-electron chi connectivity index (χ4n) is 2.76. The van der Waals surface area contributed by atoms with Crippen molar-refractivity contribution in [3.05, 3.63) is 34.3 Å². The van der Waals surface area contributed by atoms with Gasteiger partial charge in [0.25, 0.3) is 5.91 Å². The van der Waals surface area contributed by atoms with Crippen molar-refractivity contribution < 1.29 is 4.79 Å². The topological polar surface area (TPSA) is 32.3 Å². The number of benzene rings is 1. The maximum atomic E-state index is 12.8. The third-order valence-corrected chi connectivity index (χ3v) is 4.50. The van der Waals surface area contributed by atoms with Crippen LogP contribution in [0.2, 0.25) is 5.02 Å². The molecule has 0 spiro atoms. The zero-order chi connectivity index (χ0) is 15.2. The summed E-state index contributed by atoms with van der Waals surface area (Å²) in [5.41, 5.74) is 1.70. The van der Waals surface area contributed by atoms with Crippen LogP contribution < -0.4 is 5.32 Å². The molecule has 1 aromatic carbocycles. The monoisotopic (exact) mass is 308 g/mol. The van der Waals surface area contributed by atoms with E-state index in [0.717, 1.165) is 50.0 Å². The highest BCUT2D eigenvalue weighted by Gasteiger charge is 2.22. The van der Waals surface area contributed by atoms with E-state index in [9.17, 15) is 4.79 Å². The van der Waals surface area contributed by atoms with Crippen molar-refractivity contribution in [3.8, 4) is 0 Å². The van der Waals surface area contributed by atoms with Crippen LogP contribution in [0, 0.1) is 6.92 Å². The molecule has 21 heavy (non-hydrogen) atoms. The first-order valence-corrected chi connectivity index (χ1v) is 8.28. The third kappa shape index (κ3) is 4.45. The maximum absolute atomic E-state index is 12.8. The van der Waals surface area contributed by atoms with Crippen molar-refractivity contribution in [1.82, 2.24) is 10.2 Å². The molecule has 1 heterocycles. The van der Waals surface area contributed by atoms with E-state index >= 15 is 0 Å². The van der Waals surface area contributed by atoms with Gasteiger partial charge in [-0.25, -0.2) is 0 Å². The maximum Gasteiger partial charge on any atom is 0.253 e. The molecular formula is C17H25ClN2O. The van der Waals surface area contributed by atoms with Gasteiger partial charge in [0.1, 0.15) is 0 Å². The predicted octanol–water partition coefficient (Wildman–Crippen LogP) is 3.64. The van der Waals surface area contributed by atoms with Crippen molar-refractivity contribution in [2.24, 2.45) is 0 Å². The third-order valence-electron chi connectivity index (χ3n) is 4.08. The van der Waals surface area contributed by atoms with Gasteiger partial charge in [0, 0.05) is 29.7 Å². The number of halogens is 1. The summed E-state index contributed by atoms with van der Waals surface area (Å²) in [4.78, 5) is 14.8. The minimum Gasteiger partial charge on any atom is -0.337 e. The molecule has 116 valence electrons. The lowest BCUT2D eigenvalue weighted by atomic mass is 10.1. The minimum absolute atomic E-state index is 0.122. The summed E-state index contributed by atoms with van der Waals surface area (Å²) >= 11 is 6.05. The SMILES string of the molecule is CCCCN(CC1CCCN1)C(=O)c1ccc(Cl)c(C)c1. The molecule has 0 aromatic heterocycles. The number of carbonyl (C=O) groups is 1. The van der Waals surface area contributed by atoms with Crippen LogP contribution >= 0.6 is 11.6 Å². The molecule has 1 N–H and O–H groups in total. The quantitative estimate of drug-likeness (QED) is 0.870. The van der Waals surface area contributed by atoms with Crippen LogP contribution in [-0.2, 0) is 0 Å². The highest BCUT2D eigenvalue weighted by molar-refractivity contribution is 6.31. The molecule has 1 aliphatic rings. The van der Waals surface area contributed by atoms with Crippen molar-refractivity contribution >= 4 is 17.5 Å². The van der Waals surface area contributed by atoms with Gasteiger partial charge in [-0.15, -0.1) is 0 Å². The Labute approximate surface area is 132 Å². The van der Waals surface area contributed by atoms with E-state index in [-0.39, 0.29) is 5.91 Å². The molecule has 1 atom stereocenters. The number of hydrogen-bond donors (Lipinski definition) is 1. The Morgan fingerprint density at radius 3 is 2.90 bits per heavy atom. The molecule has 1 aliphatic heterocycles. The highest BCUT2D eigenvalue weighted by atomic mass is 35.5. The average Bonchev–Trinajstić information content (AvgIpc) is 2.98. The lowest BCUT2D eigenvalue weighted by Gasteiger charge is -2.26. The van der Waals surface area contributed by atoms with Gasteiger partial charge in [0.15, 0.2) is 0 Å². The molecule has 0 saturated carbocycles. The number of rotatable bonds is 6. The number of nitrogens with one attached hydrogen (secondary N) is 1. The lowest BCUT2D eigenvalue weighted by Crippen LogP contribution is -2.41. The van der Waals surface area contributed by atoms with E-state index in [0.29, 0.717) is 11.1 Å². The van der Waals surface area contributed by atoms with Gasteiger partial charge in [0.05, 0.1) is 0 Å². The van der Waals surface area contributed by atoms with Gasteiger partial charge >= 0.3 is 0 Å². The first kappa shape index (κ1) is 16.3. The second kappa shape index (κ2) is 7.81. The highest BCUT2D eigenvalue weighted by Crippen LogP contribution is 2.18. The normalized spacial score (nSPS) is 18.0. The van der Waals surface area contributed by atoms with Gasteiger partial charge in [-0.3, -0.25) is 4.79 Å². The molecule has 1 saturated heterocycles. The first-order valence-electron chi connectivity index (χ1n) is 7.90. The first-order chi connectivity index (χ1) is 10.1. The smallest absolute Gasteiger partial charge is 0.253 e. The van der Waals surface area contributed by atoms with Crippen LogP contribution in [0.1, 0.15) is 48.5 Å². The Morgan fingerprint density at radius 2 is 2.29 bits per heavy atom. The van der Waals surface area contributed by atoms with E-state index in [4.69, 9.17) is 11.6 Å². The fourth-order valence-corrected chi connectivity index (χ4v) is 2.88. The summed E-state index contributed by atoms with van der Waals surface area (Å²) in [5.74, 6) is 0.122. The van der Waals surface area contributed by atoms with Crippen molar-refractivity contribution in [1.29, 1.82) is 0 Å². The van der Waals surface area contributed by atoms with Crippen LogP contribution in [0.3, 0.4) is 0 Å². The molecule has 1 unspecified atom stereocenters. The van der Waals surface area contributed by atoms with Crippen molar-refractivity contribution in [2.75, 3.05) is 19.6 Å². The summed E-state index contributed by atoms with van der Waals surface area (Å²) in [6.07, 6.45) is 4.52. The second-order valence-electron chi connectivity index (χ2n) is 5.86. The minimum atomic E-state index is 0.122. The molecular weight excluding hydrogens is 284 g/mol. The molecule has 1 amide bonds. The number of unbranched alkanes of at least 4 members (excludes halogenated alkanes) is 1. The number of aryl methyl sites for hydroxylation is 1. The zero-order valence-corrected chi connectivity index (χ0v) is 13.7. The van der Waals surface area contributed by atoms with Crippen LogP contribution in [0.4, 0.5) is 0 Å². The molecule has 2 rings (SSSR count). The van der Waals surface area contributed by atoms with Crippen molar-refractivity contribution in [3.63, 3.8) is 0 Å². The summed E-state index contributed by atoms with van der Waals surface area (Å²) < 4.78 is 0. The van der Waals surface area contributed by atoms with Gasteiger partial charge in [-0.05, 0) is 56.5 Å². The van der Waals surface area contributed by atoms with Crippen LogP contribution in [0.5, 0.6) is 0 Å². The Morgan fingerprint density at radius 1 is 1.48 bits per heavy atom. The fraction of sp³-hybridized carbons (Fsp3) is 0.588. The largest absolute Gasteiger partial charge is 0.337 e. The summed E-state index contributed by atoms with van der Waals surface area (Å²) in [7, 11) is 0. The summed E-state index contributed by atoms with van der Waals surface area (Å²) in [6.45, 7) is 6.80. The van der Waals surface area contributed by atoms with E-state index in [1.807, 2.05) is 30.0 Å². The van der Waals surface area contributed by atoms with E-state index in [1.54, 1.807) is 0 Å². The molecule has 1 fully saturated rings. The van der Waals surface area contributed by atoms with Gasteiger partial charge in [-0.2, -0.15) is 0 Å². The molecule has 1 aromatic rings. The Kier molecular flexibility index (Phi) is 6.07. The molecule has 0 bridgehead atoms. The van der Waals surface area contributed by atoms with Crippen LogP contribution in [0.25, 0.3) is 0 Å². The van der Waals surface area contributed by atoms with E-state index in [1.165, 1.54) is 6.42 Å². The lowest BCUT2D eigenvalue weighted by molar-refractivity contribution is 0.0739. The standard InChI is InChI=1S/C17H25ClN2O/c1-3-4-10-20(12-15-6-5-9-19-15)17(21)14-7-8-16(18)13(2)11-14/h7-8,11,15,19H,3-6,9-10,12H2,1-2H3. The van der Waals surface area contributed by atoms with E-state index < -0.39 is 0 Å². The van der Waals surface area contributed by atoms with Crippen LogP contribution in [-0.4, -0.2) is 36.5 Å². The Hall–Kier alpha value is -1.06. The number of carbonyl (C=O) groups excluding carboxylic acids is 1. The number of hydrogen-bond acceptors (Lipinski definition) is 2. The Balaban J connectivity index is 2.09. The van der Waals surface area contributed by atoms with E-state index in [2.05, 4.69) is 12.2 Å². The Bertz CT molecular complexity index is 484. The van der Waals surface area contributed by atoms with Crippen molar-refractivity contribution in [2.45, 2.75) is 45.6 Å². The predicted molar refractivity (Wildman–Crippen MR) is 88.0 cm³/mol. The summed E-state index contributed by atoms with van der Waals surface area (Å²) in [6, 6.07) is 5.99. The average molecular weight is 309 g/mol. The zero-order valence-electron chi connectivity index (χ0n) is 13.0. The molecule has 3 nitrogen and oxygen atoms in total. The van der Waals surface area contributed by atoms with Crippen LogP contribution in [0.15, 0.2) is 18.2 Å². The van der Waals surface area contributed by atoms with Gasteiger partial charge in [0.2, 0.25) is 0 Å². The van der Waals surface area contributed by atoms with Gasteiger partial charge in [-0.1, -0.05) is 24.9 Å². The molecule has 0 aliphatic carbocycles. The molecule has 4 heteroatoms.